The molecule has 0 aliphatic carbocycles. The van der Waals surface area contributed by atoms with Crippen LogP contribution in [-0.4, -0.2) is 92.0 Å². The maximum atomic E-state index is 14.1. The fraction of sp³-hybridized carbons (Fsp3) is 0.865. The molecule has 0 atom stereocenters. The van der Waals surface area contributed by atoms with Gasteiger partial charge in [-0.25, -0.2) is 4.79 Å². The van der Waals surface area contributed by atoms with Gasteiger partial charge in [-0.3, -0.25) is 20.8 Å². The lowest BCUT2D eigenvalue weighted by Gasteiger charge is -2.31. The van der Waals surface area contributed by atoms with E-state index in [0.717, 1.165) is 193 Å². The van der Waals surface area contributed by atoms with E-state index in [2.05, 4.69) is 30.4 Å². The van der Waals surface area contributed by atoms with Gasteiger partial charge in [0.25, 0.3) is 0 Å². The van der Waals surface area contributed by atoms with Crippen LogP contribution < -0.4 is 45.0 Å². The first-order chi connectivity index (χ1) is 25.1. The Hall–Kier alpha value is -3.65. The van der Waals surface area contributed by atoms with Crippen LogP contribution in [0.2, 0.25) is 0 Å². The number of rotatable bonds is 36. The van der Waals surface area contributed by atoms with Crippen molar-refractivity contribution in [3.8, 4) is 0 Å². The molecule has 16 N–H and O–H groups in total. The number of hydrogen-bond acceptors (Lipinski definition) is 5. The van der Waals surface area contributed by atoms with Crippen LogP contribution in [0.15, 0.2) is 9.98 Å². The van der Waals surface area contributed by atoms with Gasteiger partial charge < -0.3 is 54.8 Å². The van der Waals surface area contributed by atoms with E-state index in [0.29, 0.717) is 13.1 Å². The lowest BCUT2D eigenvalue weighted by Crippen LogP contribution is -2.45. The maximum absolute atomic E-state index is 14.1. The minimum absolute atomic E-state index is 0.0350. The van der Waals surface area contributed by atoms with Gasteiger partial charge in [-0.05, 0) is 51.4 Å². The molecule has 0 unspecified atom stereocenters. The highest BCUT2D eigenvalue weighted by molar-refractivity contribution is 5.76. The molecular weight excluding hydrogens is 657 g/mol. The van der Waals surface area contributed by atoms with Crippen molar-refractivity contribution in [2.75, 3.05) is 52.4 Å². The normalized spacial score (nSPS) is 10.8. The Morgan fingerprint density at radius 1 is 0.404 bits per heavy atom. The molecule has 15 nitrogen and oxygen atoms in total. The third kappa shape index (κ3) is 34.8. The molecule has 0 rings (SSSR count). The summed E-state index contributed by atoms with van der Waals surface area (Å²) < 4.78 is 0. The standard InChI is InChI=1S/C37H80N14O/c38-33(39)46-25-17-9-1-5-13-21-29-50(30-22-14-6-2-10-18-26-47-34(40)41)37(52)51(31-23-15-7-3-11-19-27-48-35(42)43)32-24-16-8-4-12-20-28-49-36(44)45/h1-32H2,(H4,38,39,46)(H4,40,41,47)(H4,42,43,48)(H4,44,45,49). The smallest absolute Gasteiger partial charge is 0.319 e. The summed E-state index contributed by atoms with van der Waals surface area (Å²) in [6.07, 6.45) is 26.3. The first-order valence-corrected chi connectivity index (χ1v) is 20.4. The van der Waals surface area contributed by atoms with Crippen LogP contribution in [0.3, 0.4) is 0 Å². The molecule has 15 heteroatoms. The molecule has 0 radical (unpaired) electrons. The molecule has 0 bridgehead atoms. The molecule has 0 aromatic heterocycles. The molecule has 0 aliphatic heterocycles. The number of carbonyl (C=O) groups is 1. The molecule has 304 valence electrons. The van der Waals surface area contributed by atoms with E-state index in [-0.39, 0.29) is 29.9 Å². The van der Waals surface area contributed by atoms with Gasteiger partial charge in [0.1, 0.15) is 0 Å². The van der Waals surface area contributed by atoms with Crippen molar-refractivity contribution in [3.63, 3.8) is 0 Å². The number of aliphatic imine (C=N–C) groups is 2. The highest BCUT2D eigenvalue weighted by Gasteiger charge is 2.20. The molecule has 0 saturated carbocycles. The van der Waals surface area contributed by atoms with Crippen molar-refractivity contribution < 1.29 is 4.79 Å². The molecule has 0 heterocycles. The average molecular weight is 737 g/mol. The summed E-state index contributed by atoms with van der Waals surface area (Å²) in [5.41, 5.74) is 32.5. The minimum atomic E-state index is 0.0350. The monoisotopic (exact) mass is 737 g/mol. The highest BCUT2D eigenvalue weighted by Crippen LogP contribution is 2.14. The first-order valence-electron chi connectivity index (χ1n) is 20.4. The van der Waals surface area contributed by atoms with Crippen molar-refractivity contribution in [2.24, 2.45) is 44.4 Å². The Labute approximate surface area is 316 Å². The average Bonchev–Trinajstić information content (AvgIpc) is 3.09. The zero-order valence-corrected chi connectivity index (χ0v) is 32.8. The summed E-state index contributed by atoms with van der Waals surface area (Å²) >= 11 is 0. The van der Waals surface area contributed by atoms with Crippen molar-refractivity contribution in [2.45, 2.75) is 154 Å². The highest BCUT2D eigenvalue weighted by atomic mass is 16.2. The van der Waals surface area contributed by atoms with Crippen LogP contribution in [0.25, 0.3) is 0 Å². The van der Waals surface area contributed by atoms with Gasteiger partial charge in [0.05, 0.1) is 0 Å². The number of guanidine groups is 4. The maximum Gasteiger partial charge on any atom is 0.319 e. The fourth-order valence-corrected chi connectivity index (χ4v) is 6.18. The van der Waals surface area contributed by atoms with Gasteiger partial charge in [0, 0.05) is 52.4 Å². The molecule has 0 saturated heterocycles. The van der Waals surface area contributed by atoms with E-state index in [1.165, 1.54) is 0 Å². The van der Waals surface area contributed by atoms with E-state index in [1.807, 2.05) is 0 Å². The SMILES string of the molecule is N=C(N)NCCCCCCCCN(CCCCCCCCNC(=N)N)C(=O)N(CCCCCCCCN=C(N)N)CCCCCCCCN=C(N)N. The lowest BCUT2D eigenvalue weighted by molar-refractivity contribution is 0.148. The van der Waals surface area contributed by atoms with Gasteiger partial charge in [-0.15, -0.1) is 0 Å². The number of amides is 2. The fourth-order valence-electron chi connectivity index (χ4n) is 6.18. The van der Waals surface area contributed by atoms with E-state index >= 15 is 0 Å². The van der Waals surface area contributed by atoms with Gasteiger partial charge in [-0.2, -0.15) is 0 Å². The minimum Gasteiger partial charge on any atom is -0.370 e. The molecule has 0 spiro atoms. The van der Waals surface area contributed by atoms with Gasteiger partial charge in [-0.1, -0.05) is 103 Å². The zero-order valence-electron chi connectivity index (χ0n) is 32.8. The number of nitrogens with zero attached hydrogens (tertiary/aromatic N) is 4. The topological polar surface area (TPSA) is 276 Å². The van der Waals surface area contributed by atoms with Crippen LogP contribution in [0, 0.1) is 10.8 Å². The molecule has 0 aromatic rings. The van der Waals surface area contributed by atoms with Crippen LogP contribution in [0.4, 0.5) is 4.79 Å². The Balaban J connectivity index is 5.04. The molecule has 0 aliphatic rings. The van der Waals surface area contributed by atoms with Gasteiger partial charge in [0.2, 0.25) is 0 Å². The predicted octanol–water partition coefficient (Wildman–Crippen LogP) is 4.59. The number of unbranched alkanes of at least 4 members (excludes halogenated alkanes) is 20. The van der Waals surface area contributed by atoms with Crippen molar-refractivity contribution in [1.29, 1.82) is 10.8 Å². The second-order valence-electron chi connectivity index (χ2n) is 14.0. The first kappa shape index (κ1) is 48.3. The van der Waals surface area contributed by atoms with E-state index in [4.69, 9.17) is 45.2 Å². The largest absolute Gasteiger partial charge is 0.370 e. The number of carbonyl (C=O) groups excluding carboxylic acids is 1. The molecule has 0 aromatic carbocycles. The van der Waals surface area contributed by atoms with Crippen LogP contribution in [0.1, 0.15) is 154 Å². The van der Waals surface area contributed by atoms with E-state index < -0.39 is 0 Å². The second-order valence-corrected chi connectivity index (χ2v) is 14.0. The van der Waals surface area contributed by atoms with Crippen molar-refractivity contribution in [1.82, 2.24) is 20.4 Å². The van der Waals surface area contributed by atoms with Crippen LogP contribution >= 0.6 is 0 Å². The molecular formula is C37H80N14O. The summed E-state index contributed by atoms with van der Waals surface area (Å²) in [4.78, 5) is 26.6. The number of nitrogens with two attached hydrogens (primary N) is 6. The summed E-state index contributed by atoms with van der Waals surface area (Å²) in [6.45, 7) is 6.12. The number of nitrogens with one attached hydrogen (secondary N) is 4. The molecule has 52 heavy (non-hydrogen) atoms. The quantitative estimate of drug-likeness (QED) is 0.0244. The third-order valence-corrected chi connectivity index (χ3v) is 9.14. The number of hydrogen-bond donors (Lipinski definition) is 10. The Bertz CT molecular complexity index is 871. The lowest BCUT2D eigenvalue weighted by atomic mass is 10.1. The van der Waals surface area contributed by atoms with Crippen LogP contribution in [0.5, 0.6) is 0 Å². The Morgan fingerprint density at radius 2 is 0.654 bits per heavy atom. The van der Waals surface area contributed by atoms with E-state index in [9.17, 15) is 4.79 Å². The van der Waals surface area contributed by atoms with Gasteiger partial charge in [0.15, 0.2) is 23.8 Å². The van der Waals surface area contributed by atoms with E-state index in [1.54, 1.807) is 0 Å². The van der Waals surface area contributed by atoms with Crippen molar-refractivity contribution >= 4 is 29.9 Å². The Morgan fingerprint density at radius 3 is 0.923 bits per heavy atom. The zero-order chi connectivity index (χ0) is 38.5. The molecule has 0 fully saturated rings. The van der Waals surface area contributed by atoms with Crippen LogP contribution in [-0.2, 0) is 0 Å². The number of urea groups is 1. The predicted molar refractivity (Wildman–Crippen MR) is 221 cm³/mol. The van der Waals surface area contributed by atoms with Crippen molar-refractivity contribution in [3.05, 3.63) is 0 Å². The Kier molecular flexibility index (Phi) is 33.2. The molecule has 2 amide bonds. The van der Waals surface area contributed by atoms with Gasteiger partial charge >= 0.3 is 6.03 Å². The summed E-state index contributed by atoms with van der Waals surface area (Å²) in [5, 5.41) is 20.3. The second kappa shape index (κ2) is 35.7. The summed E-state index contributed by atoms with van der Waals surface area (Å²) in [6, 6.07) is 0.208. The summed E-state index contributed by atoms with van der Waals surface area (Å²) in [7, 11) is 0. The third-order valence-electron chi connectivity index (χ3n) is 9.14. The summed E-state index contributed by atoms with van der Waals surface area (Å²) in [5.74, 6) is 0.389.